The molecule has 2 aromatic rings. The van der Waals surface area contributed by atoms with E-state index in [1.807, 2.05) is 6.07 Å². The van der Waals surface area contributed by atoms with Crippen LogP contribution in [0.25, 0.3) is 11.3 Å². The van der Waals surface area contributed by atoms with Crippen molar-refractivity contribution in [2.45, 2.75) is 0 Å². The number of benzene rings is 1. The Hall–Kier alpha value is -1.26. The van der Waals surface area contributed by atoms with Crippen LogP contribution in [0.2, 0.25) is 5.02 Å². The number of anilines is 1. The van der Waals surface area contributed by atoms with Crippen molar-refractivity contribution >= 4 is 27.9 Å². The van der Waals surface area contributed by atoms with E-state index in [0.717, 1.165) is 11.3 Å². The van der Waals surface area contributed by atoms with E-state index in [0.29, 0.717) is 15.8 Å². The lowest BCUT2D eigenvalue weighted by molar-refractivity contribution is 0.415. The Morgan fingerprint density at radius 3 is 2.80 bits per heavy atom. The number of aromatic nitrogens is 1. The molecule has 0 aliphatic rings. The highest BCUT2D eigenvalue weighted by Crippen LogP contribution is 2.33. The number of ether oxygens (including phenoxy) is 1. The minimum Gasteiger partial charge on any atom is -0.495 e. The lowest BCUT2D eigenvalue weighted by Gasteiger charge is -2.04. The summed E-state index contributed by atoms with van der Waals surface area (Å²) in [5, 5.41) is 1.25. The van der Waals surface area contributed by atoms with Crippen molar-refractivity contribution in [1.82, 2.24) is 4.98 Å². The van der Waals surface area contributed by atoms with E-state index in [2.05, 4.69) is 4.98 Å². The minimum atomic E-state index is 0.558. The van der Waals surface area contributed by atoms with E-state index in [4.69, 9.17) is 22.1 Å². The molecule has 0 bridgehead atoms. The average molecular weight is 241 g/mol. The van der Waals surface area contributed by atoms with Crippen LogP contribution in [0, 0.1) is 0 Å². The second-order valence-electron chi connectivity index (χ2n) is 2.91. The molecular formula is C10H9ClN2OS. The summed E-state index contributed by atoms with van der Waals surface area (Å²) >= 11 is 7.42. The summed E-state index contributed by atoms with van der Waals surface area (Å²) in [6.07, 6.45) is 0. The van der Waals surface area contributed by atoms with Gasteiger partial charge in [0.25, 0.3) is 0 Å². The second-order valence-corrected chi connectivity index (χ2v) is 4.21. The summed E-state index contributed by atoms with van der Waals surface area (Å²) in [4.78, 5) is 4.18. The fourth-order valence-electron chi connectivity index (χ4n) is 1.29. The maximum absolute atomic E-state index is 6.01. The average Bonchev–Trinajstić information content (AvgIpc) is 2.64. The van der Waals surface area contributed by atoms with Gasteiger partial charge in [-0.25, -0.2) is 4.98 Å². The largest absolute Gasteiger partial charge is 0.495 e. The third kappa shape index (κ3) is 1.91. The molecular weight excluding hydrogens is 232 g/mol. The van der Waals surface area contributed by atoms with Gasteiger partial charge in [0.2, 0.25) is 0 Å². The fourth-order valence-corrected chi connectivity index (χ4v) is 2.10. The second kappa shape index (κ2) is 4.08. The van der Waals surface area contributed by atoms with Crippen LogP contribution in [0.3, 0.4) is 0 Å². The number of hydrogen-bond donors (Lipinski definition) is 1. The van der Waals surface area contributed by atoms with Crippen molar-refractivity contribution in [3.8, 4) is 17.0 Å². The quantitative estimate of drug-likeness (QED) is 0.878. The molecule has 0 aliphatic heterocycles. The molecule has 0 unspecified atom stereocenters. The third-order valence-electron chi connectivity index (χ3n) is 2.02. The number of rotatable bonds is 2. The van der Waals surface area contributed by atoms with Crippen LogP contribution in [0.15, 0.2) is 23.7 Å². The fraction of sp³-hybridized carbons (Fsp3) is 0.100. The van der Waals surface area contributed by atoms with Crippen LogP contribution < -0.4 is 10.5 Å². The normalized spacial score (nSPS) is 10.3. The van der Waals surface area contributed by atoms with Gasteiger partial charge in [-0.1, -0.05) is 11.6 Å². The predicted molar refractivity (Wildman–Crippen MR) is 63.5 cm³/mol. The van der Waals surface area contributed by atoms with Crippen LogP contribution in [-0.2, 0) is 0 Å². The number of nitrogen functional groups attached to an aromatic ring is 1. The Kier molecular flexibility index (Phi) is 2.79. The first kappa shape index (κ1) is 10.3. The molecule has 2 N–H and O–H groups in total. The maximum atomic E-state index is 6.01. The van der Waals surface area contributed by atoms with E-state index in [1.54, 1.807) is 24.8 Å². The SMILES string of the molecule is COc1ccc(-c2ncsc2N)cc1Cl. The van der Waals surface area contributed by atoms with Crippen molar-refractivity contribution < 1.29 is 4.74 Å². The first-order valence-electron chi connectivity index (χ1n) is 4.25. The summed E-state index contributed by atoms with van der Waals surface area (Å²) < 4.78 is 5.07. The lowest BCUT2D eigenvalue weighted by atomic mass is 10.1. The highest BCUT2D eigenvalue weighted by Gasteiger charge is 2.08. The molecule has 3 nitrogen and oxygen atoms in total. The molecule has 15 heavy (non-hydrogen) atoms. The monoisotopic (exact) mass is 240 g/mol. The number of nitrogens with zero attached hydrogens (tertiary/aromatic N) is 1. The molecule has 5 heteroatoms. The molecule has 0 amide bonds. The van der Waals surface area contributed by atoms with Crippen LogP contribution >= 0.6 is 22.9 Å². The van der Waals surface area contributed by atoms with Crippen LogP contribution in [0.4, 0.5) is 5.00 Å². The van der Waals surface area contributed by atoms with E-state index in [9.17, 15) is 0 Å². The summed E-state index contributed by atoms with van der Waals surface area (Å²) in [5.41, 5.74) is 9.16. The van der Waals surface area contributed by atoms with Crippen LogP contribution in [0.5, 0.6) is 5.75 Å². The molecule has 0 saturated carbocycles. The van der Waals surface area contributed by atoms with Gasteiger partial charge in [0, 0.05) is 5.56 Å². The molecule has 0 fully saturated rings. The van der Waals surface area contributed by atoms with Gasteiger partial charge in [-0.05, 0) is 18.2 Å². The van der Waals surface area contributed by atoms with Gasteiger partial charge in [0.15, 0.2) is 0 Å². The van der Waals surface area contributed by atoms with Crippen molar-refractivity contribution in [1.29, 1.82) is 0 Å². The van der Waals surface area contributed by atoms with Crippen molar-refractivity contribution in [2.24, 2.45) is 0 Å². The van der Waals surface area contributed by atoms with Crippen molar-refractivity contribution in [2.75, 3.05) is 12.8 Å². The van der Waals surface area contributed by atoms with E-state index in [-0.39, 0.29) is 0 Å². The Morgan fingerprint density at radius 1 is 1.47 bits per heavy atom. The van der Waals surface area contributed by atoms with Crippen LogP contribution in [0.1, 0.15) is 0 Å². The molecule has 0 spiro atoms. The van der Waals surface area contributed by atoms with Gasteiger partial charge in [-0.3, -0.25) is 0 Å². The van der Waals surface area contributed by atoms with Gasteiger partial charge in [0.1, 0.15) is 16.4 Å². The van der Waals surface area contributed by atoms with Gasteiger partial charge in [-0.15, -0.1) is 11.3 Å². The summed E-state index contributed by atoms with van der Waals surface area (Å²) in [7, 11) is 1.58. The molecule has 0 aliphatic carbocycles. The number of thiazole rings is 1. The Balaban J connectivity index is 2.47. The molecule has 0 atom stereocenters. The Morgan fingerprint density at radius 2 is 2.27 bits per heavy atom. The van der Waals surface area contributed by atoms with Gasteiger partial charge in [-0.2, -0.15) is 0 Å². The van der Waals surface area contributed by atoms with E-state index < -0.39 is 0 Å². The molecule has 1 aromatic carbocycles. The molecule has 0 radical (unpaired) electrons. The lowest BCUT2D eigenvalue weighted by Crippen LogP contribution is -1.88. The van der Waals surface area contributed by atoms with Crippen molar-refractivity contribution in [3.63, 3.8) is 0 Å². The smallest absolute Gasteiger partial charge is 0.137 e. The zero-order valence-electron chi connectivity index (χ0n) is 8.03. The zero-order chi connectivity index (χ0) is 10.8. The minimum absolute atomic E-state index is 0.558. The third-order valence-corrected chi connectivity index (χ3v) is 2.97. The van der Waals surface area contributed by atoms with Gasteiger partial charge in [0.05, 0.1) is 17.6 Å². The molecule has 2 rings (SSSR count). The first-order valence-corrected chi connectivity index (χ1v) is 5.51. The van der Waals surface area contributed by atoms with Crippen molar-refractivity contribution in [3.05, 3.63) is 28.7 Å². The maximum Gasteiger partial charge on any atom is 0.137 e. The Bertz CT molecular complexity index is 484. The highest BCUT2D eigenvalue weighted by atomic mass is 35.5. The topological polar surface area (TPSA) is 48.1 Å². The zero-order valence-corrected chi connectivity index (χ0v) is 9.60. The molecule has 1 aromatic heterocycles. The van der Waals surface area contributed by atoms with Gasteiger partial charge < -0.3 is 10.5 Å². The molecule has 0 saturated heterocycles. The molecule has 1 heterocycles. The van der Waals surface area contributed by atoms with Gasteiger partial charge >= 0.3 is 0 Å². The first-order chi connectivity index (χ1) is 7.22. The number of halogens is 1. The molecule has 78 valence electrons. The predicted octanol–water partition coefficient (Wildman–Crippen LogP) is 3.05. The van der Waals surface area contributed by atoms with E-state index in [1.165, 1.54) is 11.3 Å². The Labute approximate surface area is 96.5 Å². The standard InChI is InChI=1S/C10H9ClN2OS/c1-14-8-3-2-6(4-7(8)11)9-10(12)15-5-13-9/h2-5H,12H2,1H3. The number of hydrogen-bond acceptors (Lipinski definition) is 4. The number of methoxy groups -OCH3 is 1. The summed E-state index contributed by atoms with van der Waals surface area (Å²) in [5.74, 6) is 0.647. The van der Waals surface area contributed by atoms with E-state index >= 15 is 0 Å². The van der Waals surface area contributed by atoms with Crippen LogP contribution in [-0.4, -0.2) is 12.1 Å². The number of nitrogens with two attached hydrogens (primary N) is 1. The summed E-state index contributed by atoms with van der Waals surface area (Å²) in [6, 6.07) is 5.48. The highest BCUT2D eigenvalue weighted by molar-refractivity contribution is 7.14. The summed E-state index contributed by atoms with van der Waals surface area (Å²) in [6.45, 7) is 0.